The van der Waals surface area contributed by atoms with Crippen molar-refractivity contribution < 1.29 is 23.9 Å². The van der Waals surface area contributed by atoms with E-state index in [4.69, 9.17) is 9.47 Å². The van der Waals surface area contributed by atoms with Crippen molar-refractivity contribution in [1.29, 1.82) is 0 Å². The quantitative estimate of drug-likeness (QED) is 0.791. The molecule has 1 N–H and O–H groups in total. The molecule has 158 valence electrons. The molecule has 0 radical (unpaired) electrons. The van der Waals surface area contributed by atoms with Gasteiger partial charge in [-0.25, -0.2) is 0 Å². The highest BCUT2D eigenvalue weighted by molar-refractivity contribution is 6.00. The number of hydrogen-bond acceptors (Lipinski definition) is 5. The van der Waals surface area contributed by atoms with Crippen LogP contribution in [0.25, 0.3) is 0 Å². The molecule has 0 saturated carbocycles. The van der Waals surface area contributed by atoms with E-state index in [2.05, 4.69) is 19.2 Å². The third-order valence-corrected chi connectivity index (χ3v) is 5.60. The first-order valence-corrected chi connectivity index (χ1v) is 10.3. The first-order chi connectivity index (χ1) is 13.8. The van der Waals surface area contributed by atoms with E-state index in [1.54, 1.807) is 30.0 Å². The second-order valence-corrected chi connectivity index (χ2v) is 8.37. The number of ether oxygens (including phenoxy) is 2. The molecule has 1 aromatic rings. The van der Waals surface area contributed by atoms with Crippen LogP contribution < -0.4 is 14.8 Å². The van der Waals surface area contributed by atoms with Gasteiger partial charge in [0.25, 0.3) is 5.91 Å². The van der Waals surface area contributed by atoms with Crippen LogP contribution in [0.15, 0.2) is 18.2 Å². The molecule has 3 rings (SSSR count). The molecular formula is C22H30N2O5. The zero-order valence-corrected chi connectivity index (χ0v) is 17.5. The van der Waals surface area contributed by atoms with E-state index in [0.717, 1.165) is 6.42 Å². The number of nitrogens with zero attached hydrogens (tertiary/aromatic N) is 1. The largest absolute Gasteiger partial charge is 0.486 e. The molecule has 0 aliphatic carbocycles. The smallest absolute Gasteiger partial charge is 0.257 e. The fraction of sp³-hybridized carbons (Fsp3) is 0.591. The van der Waals surface area contributed by atoms with Crippen LogP contribution in [0.2, 0.25) is 0 Å². The molecule has 2 heterocycles. The number of carbonyl (C=O) groups is 3. The summed E-state index contributed by atoms with van der Waals surface area (Å²) < 4.78 is 11.9. The van der Waals surface area contributed by atoms with Crippen molar-refractivity contribution in [1.82, 2.24) is 10.2 Å². The Labute approximate surface area is 171 Å². The van der Waals surface area contributed by atoms with E-state index >= 15 is 0 Å². The van der Waals surface area contributed by atoms with Crippen LogP contribution in [-0.4, -0.2) is 54.3 Å². The van der Waals surface area contributed by atoms with E-state index in [9.17, 15) is 14.4 Å². The topological polar surface area (TPSA) is 84.9 Å². The van der Waals surface area contributed by atoms with Crippen LogP contribution in [0, 0.1) is 5.92 Å². The van der Waals surface area contributed by atoms with Crippen molar-refractivity contribution in [3.05, 3.63) is 23.8 Å². The molecule has 0 atom stereocenters. The lowest BCUT2D eigenvalue weighted by Gasteiger charge is -2.43. The summed E-state index contributed by atoms with van der Waals surface area (Å²) in [6, 6.07) is 5.08. The Hall–Kier alpha value is -2.57. The molecule has 0 aromatic heterocycles. The monoisotopic (exact) mass is 402 g/mol. The number of Topliss-reactive ketones (excluding diaryl/α,β-unsaturated/α-hetero) is 1. The number of fused-ring (bicyclic) bond motifs is 1. The summed E-state index contributed by atoms with van der Waals surface area (Å²) in [5, 5.41) is 2.83. The number of benzene rings is 1. The van der Waals surface area contributed by atoms with Gasteiger partial charge in [0.05, 0.1) is 12.0 Å². The van der Waals surface area contributed by atoms with Crippen LogP contribution in [0.3, 0.4) is 0 Å². The van der Waals surface area contributed by atoms with Crippen LogP contribution in [0.5, 0.6) is 11.5 Å². The van der Waals surface area contributed by atoms with Crippen molar-refractivity contribution >= 4 is 17.6 Å². The summed E-state index contributed by atoms with van der Waals surface area (Å²) in [6.07, 6.45) is 2.50. The molecule has 0 unspecified atom stereocenters. The maximum atomic E-state index is 12.7. The van der Waals surface area contributed by atoms with Crippen molar-refractivity contribution in [2.45, 2.75) is 52.1 Å². The predicted molar refractivity (Wildman–Crippen MR) is 108 cm³/mol. The molecule has 0 bridgehead atoms. The van der Waals surface area contributed by atoms with E-state index in [0.29, 0.717) is 61.9 Å². The van der Waals surface area contributed by atoms with Gasteiger partial charge in [0.15, 0.2) is 12.4 Å². The summed E-state index contributed by atoms with van der Waals surface area (Å²) in [6.45, 7) is 7.49. The second kappa shape index (κ2) is 8.84. The summed E-state index contributed by atoms with van der Waals surface area (Å²) >= 11 is 0. The molecule has 29 heavy (non-hydrogen) atoms. The summed E-state index contributed by atoms with van der Waals surface area (Å²) in [7, 11) is 0. The van der Waals surface area contributed by atoms with Crippen LogP contribution >= 0.6 is 0 Å². The van der Waals surface area contributed by atoms with Crippen molar-refractivity contribution in [2.75, 3.05) is 26.2 Å². The van der Waals surface area contributed by atoms with E-state index in [-0.39, 0.29) is 24.2 Å². The van der Waals surface area contributed by atoms with Gasteiger partial charge in [0.2, 0.25) is 5.91 Å². The number of rotatable bonds is 6. The van der Waals surface area contributed by atoms with Gasteiger partial charge < -0.3 is 19.7 Å². The zero-order valence-electron chi connectivity index (χ0n) is 17.5. The number of hydrogen-bond donors (Lipinski definition) is 1. The number of piperidine rings is 1. The molecule has 1 fully saturated rings. The Morgan fingerprint density at radius 3 is 2.66 bits per heavy atom. The summed E-state index contributed by atoms with van der Waals surface area (Å²) in [5.41, 5.74) is -0.0264. The normalized spacial score (nSPS) is 17.7. The summed E-state index contributed by atoms with van der Waals surface area (Å²) in [4.78, 5) is 37.9. The number of nitrogens with one attached hydrogen (secondary N) is 1. The lowest BCUT2D eigenvalue weighted by Crippen LogP contribution is -2.51. The van der Waals surface area contributed by atoms with Gasteiger partial charge in [-0.1, -0.05) is 13.8 Å². The van der Waals surface area contributed by atoms with Crippen LogP contribution in [0.4, 0.5) is 0 Å². The molecule has 7 heteroatoms. The van der Waals surface area contributed by atoms with Gasteiger partial charge in [0.1, 0.15) is 17.1 Å². The minimum absolute atomic E-state index is 0.0421. The molecule has 1 spiro atoms. The summed E-state index contributed by atoms with van der Waals surface area (Å²) in [5.74, 6) is 1.43. The number of ketones is 1. The van der Waals surface area contributed by atoms with E-state index in [1.807, 2.05) is 0 Å². The number of likely N-dealkylation sites (tertiary alicyclic amines) is 1. The molecular weight excluding hydrogens is 372 g/mol. The van der Waals surface area contributed by atoms with Gasteiger partial charge in [0, 0.05) is 45.5 Å². The third kappa shape index (κ3) is 5.28. The average molecular weight is 402 g/mol. The highest BCUT2D eigenvalue weighted by Crippen LogP contribution is 2.40. The Morgan fingerprint density at radius 1 is 1.28 bits per heavy atom. The molecule has 1 aromatic carbocycles. The maximum absolute atomic E-state index is 12.7. The maximum Gasteiger partial charge on any atom is 0.257 e. The number of carbonyl (C=O) groups excluding carboxylic acids is 3. The molecule has 1 saturated heterocycles. The molecule has 2 amide bonds. The highest BCUT2D eigenvalue weighted by atomic mass is 16.5. The van der Waals surface area contributed by atoms with Crippen molar-refractivity contribution in [2.24, 2.45) is 5.92 Å². The lowest BCUT2D eigenvalue weighted by molar-refractivity contribution is -0.132. The molecule has 2 aliphatic rings. The van der Waals surface area contributed by atoms with Crippen molar-refractivity contribution in [3.8, 4) is 11.5 Å². The predicted octanol–water partition coefficient (Wildman–Crippen LogP) is 2.57. The lowest BCUT2D eigenvalue weighted by atomic mass is 9.82. The van der Waals surface area contributed by atoms with Gasteiger partial charge in [-0.15, -0.1) is 0 Å². The average Bonchev–Trinajstić information content (AvgIpc) is 2.66. The first-order valence-electron chi connectivity index (χ1n) is 10.3. The fourth-order valence-corrected chi connectivity index (χ4v) is 3.77. The van der Waals surface area contributed by atoms with Gasteiger partial charge in [-0.2, -0.15) is 0 Å². The van der Waals surface area contributed by atoms with Gasteiger partial charge in [-0.05, 0) is 24.5 Å². The van der Waals surface area contributed by atoms with E-state index < -0.39 is 5.60 Å². The first kappa shape index (κ1) is 21.1. The minimum atomic E-state index is -0.567. The van der Waals surface area contributed by atoms with Crippen molar-refractivity contribution in [3.63, 3.8) is 0 Å². The second-order valence-electron chi connectivity index (χ2n) is 8.37. The molecule has 2 aliphatic heterocycles. The number of amides is 2. The van der Waals surface area contributed by atoms with Gasteiger partial charge >= 0.3 is 0 Å². The van der Waals surface area contributed by atoms with Crippen LogP contribution in [0.1, 0.15) is 56.8 Å². The highest BCUT2D eigenvalue weighted by Gasteiger charge is 2.43. The zero-order chi connectivity index (χ0) is 21.0. The Morgan fingerprint density at radius 2 is 2.00 bits per heavy atom. The van der Waals surface area contributed by atoms with E-state index in [1.165, 1.54) is 0 Å². The Kier molecular flexibility index (Phi) is 6.45. The minimum Gasteiger partial charge on any atom is -0.486 e. The van der Waals surface area contributed by atoms with Gasteiger partial charge in [-0.3, -0.25) is 14.4 Å². The molecule has 7 nitrogen and oxygen atoms in total. The Bertz CT molecular complexity index is 781. The standard InChI is InChI=1S/C22H30N2O5/c1-15(2)6-9-23-21(27)14-28-17-4-5-18-19(26)13-22(29-20(18)12-17)7-10-24(11-8-22)16(3)25/h4-5,12,15H,6-11,13-14H2,1-3H3,(H,23,27). The van der Waals surface area contributed by atoms with Crippen LogP contribution in [-0.2, 0) is 9.59 Å². The third-order valence-electron chi connectivity index (χ3n) is 5.60. The fourth-order valence-electron chi connectivity index (χ4n) is 3.77. The Balaban J connectivity index is 1.61. The SMILES string of the molecule is CC(=O)N1CCC2(CC1)CC(=O)c1ccc(OCC(=O)NCCC(C)C)cc1O2.